The number of aromatic nitrogens is 2. The Morgan fingerprint density at radius 3 is 2.67 bits per heavy atom. The van der Waals surface area contributed by atoms with Crippen LogP contribution in [0, 0.1) is 0 Å². The lowest BCUT2D eigenvalue weighted by molar-refractivity contribution is -0.159. The maximum absolute atomic E-state index is 12.4. The Balaban J connectivity index is 2.31. The van der Waals surface area contributed by atoms with E-state index in [4.69, 9.17) is 11.6 Å². The number of halogens is 4. The largest absolute Gasteiger partial charge is 0.471 e. The molecule has 21 heavy (non-hydrogen) atoms. The number of alkyl halides is 3. The zero-order chi connectivity index (χ0) is 15.6. The number of amides is 1. The zero-order valence-corrected chi connectivity index (χ0v) is 11.0. The minimum Gasteiger partial charge on any atom is -0.329 e. The third-order valence-corrected chi connectivity index (χ3v) is 2.64. The van der Waals surface area contributed by atoms with Crippen molar-refractivity contribution in [3.05, 3.63) is 41.8 Å². The van der Waals surface area contributed by atoms with Crippen molar-refractivity contribution in [1.82, 2.24) is 10.1 Å². The van der Waals surface area contributed by atoms with Crippen molar-refractivity contribution in [3.63, 3.8) is 0 Å². The highest BCUT2D eigenvalue weighted by atomic mass is 35.5. The van der Waals surface area contributed by atoms with E-state index in [2.05, 4.69) is 26.6 Å². The number of hydrogen-bond acceptors (Lipinski definition) is 4. The number of nitrogens with one attached hydrogen (secondary N) is 1. The number of hydrogen-bond donors (Lipinski definition) is 1. The van der Waals surface area contributed by atoms with E-state index in [-0.39, 0.29) is 16.4 Å². The molecule has 9 heteroatoms. The number of benzene rings is 1. The van der Waals surface area contributed by atoms with Crippen molar-refractivity contribution in [2.75, 3.05) is 5.32 Å². The fraction of sp³-hybridized carbons (Fsp3) is 0.0833. The minimum atomic E-state index is -4.73. The van der Waals surface area contributed by atoms with Gasteiger partial charge in [0, 0.05) is 11.3 Å². The van der Waals surface area contributed by atoms with Crippen molar-refractivity contribution in [1.29, 1.82) is 0 Å². The Bertz CT molecular complexity index is 697. The van der Waals surface area contributed by atoms with Crippen LogP contribution in [-0.2, 0) is 11.0 Å². The second-order valence-electron chi connectivity index (χ2n) is 3.81. The van der Waals surface area contributed by atoms with Crippen LogP contribution in [0.4, 0.5) is 18.9 Å². The first-order valence-electron chi connectivity index (χ1n) is 5.45. The van der Waals surface area contributed by atoms with Crippen LogP contribution in [0.25, 0.3) is 11.4 Å². The lowest BCUT2D eigenvalue weighted by Gasteiger charge is -2.04. The molecule has 2 rings (SSSR count). The quantitative estimate of drug-likeness (QED) is 0.879. The molecule has 0 radical (unpaired) electrons. The molecule has 0 fully saturated rings. The summed E-state index contributed by atoms with van der Waals surface area (Å²) in [6.45, 7) is 3.29. The molecule has 0 aliphatic carbocycles. The van der Waals surface area contributed by atoms with Gasteiger partial charge < -0.3 is 9.84 Å². The highest BCUT2D eigenvalue weighted by Crippen LogP contribution is 2.32. The van der Waals surface area contributed by atoms with Crippen LogP contribution < -0.4 is 5.32 Å². The average molecular weight is 318 g/mol. The molecule has 1 heterocycles. The van der Waals surface area contributed by atoms with E-state index in [0.717, 1.165) is 6.08 Å². The summed E-state index contributed by atoms with van der Waals surface area (Å²) in [5, 5.41) is 5.74. The number of nitrogens with zero attached hydrogens (tertiary/aromatic N) is 2. The Labute approximate surface area is 121 Å². The third-order valence-electron chi connectivity index (χ3n) is 2.33. The van der Waals surface area contributed by atoms with E-state index in [1.165, 1.54) is 18.2 Å². The van der Waals surface area contributed by atoms with Crippen molar-refractivity contribution in [2.45, 2.75) is 6.18 Å². The summed E-state index contributed by atoms with van der Waals surface area (Å²) < 4.78 is 41.3. The Hall–Kier alpha value is -2.35. The smallest absolute Gasteiger partial charge is 0.329 e. The SMILES string of the molecule is C=CC(=O)Nc1ccc(-c2noc(C(F)(F)F)n2)c(Cl)c1. The first-order chi connectivity index (χ1) is 9.81. The fourth-order valence-corrected chi connectivity index (χ4v) is 1.68. The number of carbonyl (C=O) groups excluding carboxylic acids is 1. The monoisotopic (exact) mass is 317 g/mol. The molecule has 0 aliphatic heterocycles. The third kappa shape index (κ3) is 3.40. The molecular weight excluding hydrogens is 311 g/mol. The van der Waals surface area contributed by atoms with Crippen molar-refractivity contribution < 1.29 is 22.5 Å². The standard InChI is InChI=1S/C12H7ClF3N3O2/c1-2-9(20)17-6-3-4-7(8(13)5-6)10-18-11(21-19-10)12(14,15)16/h2-5H,1H2,(H,17,20). The fourth-order valence-electron chi connectivity index (χ4n) is 1.42. The summed E-state index contributed by atoms with van der Waals surface area (Å²) in [4.78, 5) is 14.4. The van der Waals surface area contributed by atoms with Crippen LogP contribution in [0.5, 0.6) is 0 Å². The molecule has 0 saturated carbocycles. The molecule has 1 aromatic carbocycles. The first kappa shape index (κ1) is 15.0. The maximum Gasteiger partial charge on any atom is 0.471 e. The van der Waals surface area contributed by atoms with Crippen LogP contribution in [0.15, 0.2) is 35.4 Å². The van der Waals surface area contributed by atoms with Crippen LogP contribution in [0.3, 0.4) is 0 Å². The van der Waals surface area contributed by atoms with E-state index in [0.29, 0.717) is 5.69 Å². The molecule has 5 nitrogen and oxygen atoms in total. The van der Waals surface area contributed by atoms with Gasteiger partial charge in [0.1, 0.15) is 0 Å². The molecule has 1 amide bonds. The molecule has 110 valence electrons. The van der Waals surface area contributed by atoms with Gasteiger partial charge in [-0.2, -0.15) is 18.2 Å². The molecule has 0 unspecified atom stereocenters. The van der Waals surface area contributed by atoms with Gasteiger partial charge in [0.2, 0.25) is 11.7 Å². The van der Waals surface area contributed by atoms with Crippen LogP contribution in [-0.4, -0.2) is 16.0 Å². The van der Waals surface area contributed by atoms with E-state index < -0.39 is 18.0 Å². The molecule has 0 spiro atoms. The summed E-state index contributed by atoms with van der Waals surface area (Å²) in [5.74, 6) is -2.20. The molecule has 0 saturated heterocycles. The molecule has 2 aromatic rings. The van der Waals surface area contributed by atoms with Gasteiger partial charge in [-0.15, -0.1) is 0 Å². The van der Waals surface area contributed by atoms with E-state index >= 15 is 0 Å². The van der Waals surface area contributed by atoms with Gasteiger partial charge in [0.15, 0.2) is 0 Å². The molecule has 1 N–H and O–H groups in total. The summed E-state index contributed by atoms with van der Waals surface area (Å²) in [6.07, 6.45) is -3.66. The van der Waals surface area contributed by atoms with E-state index in [9.17, 15) is 18.0 Å². The van der Waals surface area contributed by atoms with Gasteiger partial charge in [0.05, 0.1) is 5.02 Å². The number of carbonyl (C=O) groups is 1. The highest BCUT2D eigenvalue weighted by molar-refractivity contribution is 6.33. The number of rotatable bonds is 3. The van der Waals surface area contributed by atoms with Crippen molar-refractivity contribution >= 4 is 23.2 Å². The summed E-state index contributed by atoms with van der Waals surface area (Å²) in [6, 6.07) is 4.15. The zero-order valence-electron chi connectivity index (χ0n) is 10.2. The molecular formula is C12H7ClF3N3O2. The summed E-state index contributed by atoms with van der Waals surface area (Å²) in [5.41, 5.74) is 0.501. The van der Waals surface area contributed by atoms with Crippen LogP contribution in [0.1, 0.15) is 5.89 Å². The predicted molar refractivity (Wildman–Crippen MR) is 68.6 cm³/mol. The Morgan fingerprint density at radius 2 is 2.14 bits per heavy atom. The van der Waals surface area contributed by atoms with Crippen molar-refractivity contribution in [2.24, 2.45) is 0 Å². The van der Waals surface area contributed by atoms with E-state index in [1.54, 1.807) is 0 Å². The maximum atomic E-state index is 12.4. The molecule has 0 aliphatic rings. The van der Waals surface area contributed by atoms with Crippen LogP contribution in [0.2, 0.25) is 5.02 Å². The van der Waals surface area contributed by atoms with Crippen molar-refractivity contribution in [3.8, 4) is 11.4 Å². The normalized spacial score (nSPS) is 11.2. The Morgan fingerprint density at radius 1 is 1.43 bits per heavy atom. The average Bonchev–Trinajstić information content (AvgIpc) is 2.88. The topological polar surface area (TPSA) is 68.0 Å². The van der Waals surface area contributed by atoms with Gasteiger partial charge in [-0.25, -0.2) is 0 Å². The van der Waals surface area contributed by atoms with Gasteiger partial charge in [-0.05, 0) is 24.3 Å². The highest BCUT2D eigenvalue weighted by Gasteiger charge is 2.38. The second-order valence-corrected chi connectivity index (χ2v) is 4.22. The lowest BCUT2D eigenvalue weighted by Crippen LogP contribution is -2.07. The second kappa shape index (κ2) is 5.57. The van der Waals surface area contributed by atoms with Gasteiger partial charge in [0.25, 0.3) is 0 Å². The molecule has 0 bridgehead atoms. The first-order valence-corrected chi connectivity index (χ1v) is 5.83. The molecule has 1 aromatic heterocycles. The summed E-state index contributed by atoms with van der Waals surface area (Å²) in [7, 11) is 0. The predicted octanol–water partition coefficient (Wildman–Crippen LogP) is 3.53. The van der Waals surface area contributed by atoms with Gasteiger partial charge >= 0.3 is 12.1 Å². The van der Waals surface area contributed by atoms with Crippen LogP contribution >= 0.6 is 11.6 Å². The van der Waals surface area contributed by atoms with E-state index in [1.807, 2.05) is 0 Å². The number of anilines is 1. The minimum absolute atomic E-state index is 0.0615. The Kier molecular flexibility index (Phi) is 3.99. The molecule has 0 atom stereocenters. The van der Waals surface area contributed by atoms with Gasteiger partial charge in [-0.1, -0.05) is 23.3 Å². The van der Waals surface area contributed by atoms with Gasteiger partial charge in [-0.3, -0.25) is 4.79 Å². The summed E-state index contributed by atoms with van der Waals surface area (Å²) >= 11 is 5.93. The lowest BCUT2D eigenvalue weighted by atomic mass is 10.2.